The van der Waals surface area contributed by atoms with E-state index in [1.807, 2.05) is 6.07 Å². The predicted molar refractivity (Wildman–Crippen MR) is 76.2 cm³/mol. The number of unbranched alkanes of at least 4 members (excludes halogenated alkanes) is 2. The van der Waals surface area contributed by atoms with Crippen molar-refractivity contribution in [2.75, 3.05) is 26.7 Å². The second kappa shape index (κ2) is 7.42. The maximum absolute atomic E-state index is 5.38. The average Bonchev–Trinajstić information content (AvgIpc) is 2.92. The average molecular weight is 247 g/mol. The van der Waals surface area contributed by atoms with Crippen LogP contribution in [0.2, 0.25) is 0 Å². The Morgan fingerprint density at radius 1 is 1.06 bits per heavy atom. The Hall–Kier alpha value is -1.02. The predicted octanol–water partition coefficient (Wildman–Crippen LogP) is 3.50. The van der Waals surface area contributed by atoms with Crippen molar-refractivity contribution < 1.29 is 4.74 Å². The van der Waals surface area contributed by atoms with Crippen LogP contribution in [0.4, 0.5) is 0 Å². The Morgan fingerprint density at radius 2 is 1.83 bits per heavy atom. The normalized spacial score (nSPS) is 16.1. The molecule has 1 aromatic carbocycles. The van der Waals surface area contributed by atoms with Gasteiger partial charge in [0.05, 0.1) is 7.11 Å². The van der Waals surface area contributed by atoms with Gasteiger partial charge in [-0.15, -0.1) is 0 Å². The van der Waals surface area contributed by atoms with Crippen LogP contribution in [0.1, 0.15) is 37.7 Å². The van der Waals surface area contributed by atoms with E-state index in [-0.39, 0.29) is 0 Å². The van der Waals surface area contributed by atoms with E-state index in [2.05, 4.69) is 23.1 Å². The van der Waals surface area contributed by atoms with Gasteiger partial charge in [0.1, 0.15) is 5.75 Å². The largest absolute Gasteiger partial charge is 0.496 e. The first-order chi connectivity index (χ1) is 8.90. The minimum absolute atomic E-state index is 1.04. The quantitative estimate of drug-likeness (QED) is 0.684. The summed E-state index contributed by atoms with van der Waals surface area (Å²) in [4.78, 5) is 2.60. The van der Waals surface area contributed by atoms with Gasteiger partial charge >= 0.3 is 0 Å². The molecule has 0 aromatic heterocycles. The van der Waals surface area contributed by atoms with Crippen LogP contribution >= 0.6 is 0 Å². The number of ether oxygens (including phenoxy) is 1. The Balaban J connectivity index is 1.62. The minimum atomic E-state index is 1.04. The molecule has 0 aliphatic carbocycles. The zero-order valence-electron chi connectivity index (χ0n) is 11.5. The van der Waals surface area contributed by atoms with Crippen LogP contribution < -0.4 is 4.74 Å². The molecule has 0 amide bonds. The van der Waals surface area contributed by atoms with Crippen LogP contribution in [-0.2, 0) is 6.42 Å². The lowest BCUT2D eigenvalue weighted by molar-refractivity contribution is 0.328. The van der Waals surface area contributed by atoms with Gasteiger partial charge in [-0.05, 0) is 63.4 Å². The number of benzene rings is 1. The maximum Gasteiger partial charge on any atom is 0.122 e. The van der Waals surface area contributed by atoms with Crippen LogP contribution in [0.3, 0.4) is 0 Å². The van der Waals surface area contributed by atoms with E-state index >= 15 is 0 Å². The zero-order chi connectivity index (χ0) is 12.6. The molecule has 2 rings (SSSR count). The third-order valence-electron chi connectivity index (χ3n) is 3.81. The molecule has 0 spiro atoms. The Labute approximate surface area is 111 Å². The highest BCUT2D eigenvalue weighted by Gasteiger charge is 2.10. The van der Waals surface area contributed by atoms with Crippen molar-refractivity contribution in [3.63, 3.8) is 0 Å². The van der Waals surface area contributed by atoms with E-state index in [1.54, 1.807) is 7.11 Å². The summed E-state index contributed by atoms with van der Waals surface area (Å²) < 4.78 is 5.38. The summed E-state index contributed by atoms with van der Waals surface area (Å²) in [6.45, 7) is 3.95. The lowest BCUT2D eigenvalue weighted by Gasteiger charge is -2.14. The Morgan fingerprint density at radius 3 is 2.61 bits per heavy atom. The van der Waals surface area contributed by atoms with Gasteiger partial charge in [-0.25, -0.2) is 0 Å². The number of aryl methyl sites for hydroxylation is 1. The number of para-hydroxylation sites is 1. The van der Waals surface area contributed by atoms with E-state index in [4.69, 9.17) is 4.74 Å². The van der Waals surface area contributed by atoms with Crippen LogP contribution in [0, 0.1) is 0 Å². The number of hydrogen-bond acceptors (Lipinski definition) is 2. The highest BCUT2D eigenvalue weighted by atomic mass is 16.5. The van der Waals surface area contributed by atoms with E-state index in [9.17, 15) is 0 Å². The molecular formula is C16H25NO. The van der Waals surface area contributed by atoms with Gasteiger partial charge in [0.25, 0.3) is 0 Å². The van der Waals surface area contributed by atoms with Gasteiger partial charge in [0.15, 0.2) is 0 Å². The summed E-state index contributed by atoms with van der Waals surface area (Å²) in [7, 11) is 1.76. The fourth-order valence-corrected chi connectivity index (χ4v) is 2.74. The van der Waals surface area contributed by atoms with Crippen molar-refractivity contribution in [3.05, 3.63) is 29.8 Å². The summed E-state index contributed by atoms with van der Waals surface area (Å²) in [5.41, 5.74) is 1.35. The van der Waals surface area contributed by atoms with Gasteiger partial charge in [-0.1, -0.05) is 24.6 Å². The van der Waals surface area contributed by atoms with E-state index in [1.165, 1.54) is 57.3 Å². The molecule has 0 bridgehead atoms. The summed E-state index contributed by atoms with van der Waals surface area (Å²) in [6, 6.07) is 8.37. The summed E-state index contributed by atoms with van der Waals surface area (Å²) >= 11 is 0. The second-order valence-corrected chi connectivity index (χ2v) is 5.17. The third-order valence-corrected chi connectivity index (χ3v) is 3.81. The first-order valence-electron chi connectivity index (χ1n) is 7.24. The van der Waals surface area contributed by atoms with Gasteiger partial charge < -0.3 is 9.64 Å². The van der Waals surface area contributed by atoms with Crippen LogP contribution in [-0.4, -0.2) is 31.6 Å². The smallest absolute Gasteiger partial charge is 0.122 e. The van der Waals surface area contributed by atoms with Crippen molar-refractivity contribution in [2.24, 2.45) is 0 Å². The molecule has 1 aliphatic heterocycles. The zero-order valence-corrected chi connectivity index (χ0v) is 11.5. The summed E-state index contributed by atoms with van der Waals surface area (Å²) in [6.07, 6.45) is 7.89. The molecule has 1 aliphatic rings. The van der Waals surface area contributed by atoms with Crippen LogP contribution in [0.25, 0.3) is 0 Å². The lowest BCUT2D eigenvalue weighted by atomic mass is 10.1. The van der Waals surface area contributed by atoms with E-state index in [0.29, 0.717) is 0 Å². The number of likely N-dealkylation sites (tertiary alicyclic amines) is 1. The molecule has 18 heavy (non-hydrogen) atoms. The van der Waals surface area contributed by atoms with Gasteiger partial charge in [-0.2, -0.15) is 0 Å². The molecule has 1 aromatic rings. The molecule has 2 nitrogen and oxygen atoms in total. The van der Waals surface area contributed by atoms with E-state index in [0.717, 1.165) is 12.2 Å². The maximum atomic E-state index is 5.38. The fraction of sp³-hybridized carbons (Fsp3) is 0.625. The highest BCUT2D eigenvalue weighted by molar-refractivity contribution is 5.33. The Kier molecular flexibility index (Phi) is 5.53. The number of hydrogen-bond donors (Lipinski definition) is 0. The lowest BCUT2D eigenvalue weighted by Crippen LogP contribution is -2.20. The van der Waals surface area contributed by atoms with Crippen molar-refractivity contribution in [1.82, 2.24) is 4.90 Å². The van der Waals surface area contributed by atoms with Crippen LogP contribution in [0.5, 0.6) is 5.75 Å². The highest BCUT2D eigenvalue weighted by Crippen LogP contribution is 2.19. The topological polar surface area (TPSA) is 12.5 Å². The van der Waals surface area contributed by atoms with Crippen molar-refractivity contribution in [3.8, 4) is 5.75 Å². The van der Waals surface area contributed by atoms with Crippen LogP contribution in [0.15, 0.2) is 24.3 Å². The third kappa shape index (κ3) is 4.02. The Bertz CT molecular complexity index is 345. The molecule has 0 unspecified atom stereocenters. The van der Waals surface area contributed by atoms with Gasteiger partial charge in [0.2, 0.25) is 0 Å². The SMILES string of the molecule is COc1ccccc1CCCCCN1CCCC1. The van der Waals surface area contributed by atoms with Gasteiger partial charge in [0, 0.05) is 0 Å². The number of rotatable bonds is 7. The van der Waals surface area contributed by atoms with Crippen molar-refractivity contribution in [2.45, 2.75) is 38.5 Å². The number of methoxy groups -OCH3 is 1. The molecular weight excluding hydrogens is 222 g/mol. The molecule has 0 radical (unpaired) electrons. The van der Waals surface area contributed by atoms with E-state index < -0.39 is 0 Å². The second-order valence-electron chi connectivity index (χ2n) is 5.17. The number of nitrogens with zero attached hydrogens (tertiary/aromatic N) is 1. The van der Waals surface area contributed by atoms with Crippen molar-refractivity contribution in [1.29, 1.82) is 0 Å². The van der Waals surface area contributed by atoms with Gasteiger partial charge in [-0.3, -0.25) is 0 Å². The molecule has 0 atom stereocenters. The summed E-state index contributed by atoms with van der Waals surface area (Å²) in [5, 5.41) is 0. The molecule has 0 N–H and O–H groups in total. The minimum Gasteiger partial charge on any atom is -0.496 e. The van der Waals surface area contributed by atoms with Crippen molar-refractivity contribution >= 4 is 0 Å². The summed E-state index contributed by atoms with van der Waals surface area (Å²) in [5.74, 6) is 1.04. The first kappa shape index (κ1) is 13.4. The molecule has 0 saturated carbocycles. The molecule has 100 valence electrons. The monoisotopic (exact) mass is 247 g/mol. The molecule has 2 heteroatoms. The molecule has 1 heterocycles. The fourth-order valence-electron chi connectivity index (χ4n) is 2.74. The molecule has 1 saturated heterocycles. The standard InChI is InChI=1S/C16H25NO/c1-18-16-11-5-4-10-15(16)9-3-2-6-12-17-13-7-8-14-17/h4-5,10-11H,2-3,6-9,12-14H2,1H3. The molecule has 1 fully saturated rings. The first-order valence-corrected chi connectivity index (χ1v) is 7.24.